The fraction of sp³-hybridized carbons (Fsp3) is 0.400. The Kier molecular flexibility index (Phi) is 6.53. The molecular weight excluding hydrogens is 422 g/mol. The van der Waals surface area contributed by atoms with Gasteiger partial charge in [-0.2, -0.15) is 0 Å². The third-order valence-electron chi connectivity index (χ3n) is 5.08. The molecule has 1 saturated heterocycles. The largest absolute Gasteiger partial charge is 0.497 e. The van der Waals surface area contributed by atoms with Gasteiger partial charge in [-0.15, -0.1) is 16.4 Å². The van der Waals surface area contributed by atoms with Crippen molar-refractivity contribution in [2.24, 2.45) is 0 Å². The summed E-state index contributed by atoms with van der Waals surface area (Å²) in [7, 11) is 3.29. The van der Waals surface area contributed by atoms with Crippen LogP contribution in [-0.4, -0.2) is 57.5 Å². The first-order valence-electron chi connectivity index (χ1n) is 9.62. The zero-order valence-electron chi connectivity index (χ0n) is 16.9. The Hall–Kier alpha value is -2.59. The van der Waals surface area contributed by atoms with Crippen LogP contribution in [0.3, 0.4) is 0 Å². The summed E-state index contributed by atoms with van der Waals surface area (Å²) in [5, 5.41) is 14.6. The second-order valence-corrected chi connectivity index (χ2v) is 8.81. The highest BCUT2D eigenvalue weighted by Gasteiger charge is 2.32. The Balaban J connectivity index is 1.45. The lowest BCUT2D eigenvalue weighted by molar-refractivity contribution is -0.129. The van der Waals surface area contributed by atoms with E-state index in [0.717, 1.165) is 36.4 Å². The van der Waals surface area contributed by atoms with Crippen LogP contribution < -0.4 is 9.47 Å². The maximum absolute atomic E-state index is 13.1. The number of carbonyl (C=O) groups excluding carboxylic acids is 1. The summed E-state index contributed by atoms with van der Waals surface area (Å²) in [4.78, 5) is 16.2. The SMILES string of the molecule is COc1ccc(OC)c([C@H]2CCCN2C(=O)CSc2nnnn2Cc2cccs2)c1. The Morgan fingerprint density at radius 1 is 1.30 bits per heavy atom. The van der Waals surface area contributed by atoms with Crippen LogP contribution in [-0.2, 0) is 11.3 Å². The van der Waals surface area contributed by atoms with E-state index in [9.17, 15) is 4.79 Å². The molecule has 0 bridgehead atoms. The first-order chi connectivity index (χ1) is 14.7. The van der Waals surface area contributed by atoms with E-state index in [-0.39, 0.29) is 17.7 Å². The van der Waals surface area contributed by atoms with Crippen molar-refractivity contribution in [3.63, 3.8) is 0 Å². The molecule has 1 aromatic carbocycles. The van der Waals surface area contributed by atoms with Gasteiger partial charge in [0.1, 0.15) is 11.5 Å². The summed E-state index contributed by atoms with van der Waals surface area (Å²) in [5.41, 5.74) is 0.982. The molecule has 0 radical (unpaired) electrons. The van der Waals surface area contributed by atoms with Crippen molar-refractivity contribution in [1.82, 2.24) is 25.1 Å². The average molecular weight is 446 g/mol. The van der Waals surface area contributed by atoms with Crippen LogP contribution in [0.25, 0.3) is 0 Å². The van der Waals surface area contributed by atoms with E-state index in [1.807, 2.05) is 40.6 Å². The molecule has 1 aliphatic heterocycles. The summed E-state index contributed by atoms with van der Waals surface area (Å²) in [6.45, 7) is 1.33. The van der Waals surface area contributed by atoms with Crippen molar-refractivity contribution in [2.75, 3.05) is 26.5 Å². The van der Waals surface area contributed by atoms with Crippen LogP contribution in [0.4, 0.5) is 0 Å². The van der Waals surface area contributed by atoms with E-state index < -0.39 is 0 Å². The molecule has 0 spiro atoms. The lowest BCUT2D eigenvalue weighted by Crippen LogP contribution is -2.32. The van der Waals surface area contributed by atoms with Crippen LogP contribution in [0.5, 0.6) is 11.5 Å². The average Bonchev–Trinajstić information content (AvgIpc) is 3.54. The zero-order valence-corrected chi connectivity index (χ0v) is 18.5. The van der Waals surface area contributed by atoms with Crippen LogP contribution in [0.1, 0.15) is 29.3 Å². The molecule has 2 aromatic heterocycles. The normalized spacial score (nSPS) is 16.1. The number of tetrazole rings is 1. The van der Waals surface area contributed by atoms with Crippen LogP contribution in [0.15, 0.2) is 40.9 Å². The van der Waals surface area contributed by atoms with E-state index in [4.69, 9.17) is 9.47 Å². The van der Waals surface area contributed by atoms with E-state index in [2.05, 4.69) is 15.5 Å². The number of likely N-dealkylation sites (tertiary alicyclic amines) is 1. The number of ether oxygens (including phenoxy) is 2. The second kappa shape index (κ2) is 9.48. The third kappa shape index (κ3) is 4.44. The minimum Gasteiger partial charge on any atom is -0.497 e. The highest BCUT2D eigenvalue weighted by Crippen LogP contribution is 2.39. The number of amides is 1. The van der Waals surface area contributed by atoms with Gasteiger partial charge < -0.3 is 14.4 Å². The third-order valence-corrected chi connectivity index (χ3v) is 6.88. The monoisotopic (exact) mass is 445 g/mol. The smallest absolute Gasteiger partial charge is 0.233 e. The summed E-state index contributed by atoms with van der Waals surface area (Å²) in [6.07, 6.45) is 1.85. The molecule has 158 valence electrons. The molecule has 0 N–H and O–H groups in total. The maximum atomic E-state index is 13.1. The maximum Gasteiger partial charge on any atom is 0.233 e. The van der Waals surface area contributed by atoms with Gasteiger partial charge in [0.2, 0.25) is 11.1 Å². The number of hydrogen-bond acceptors (Lipinski definition) is 8. The van der Waals surface area contributed by atoms with E-state index in [0.29, 0.717) is 11.7 Å². The van der Waals surface area contributed by atoms with Crippen molar-refractivity contribution in [3.05, 3.63) is 46.2 Å². The van der Waals surface area contributed by atoms with Crippen LogP contribution in [0.2, 0.25) is 0 Å². The number of nitrogens with zero attached hydrogens (tertiary/aromatic N) is 5. The zero-order chi connectivity index (χ0) is 20.9. The van der Waals surface area contributed by atoms with Gasteiger partial charge in [-0.05, 0) is 52.9 Å². The number of hydrogen-bond donors (Lipinski definition) is 0. The van der Waals surface area contributed by atoms with Crippen molar-refractivity contribution < 1.29 is 14.3 Å². The van der Waals surface area contributed by atoms with Gasteiger partial charge in [0.15, 0.2) is 0 Å². The lowest BCUT2D eigenvalue weighted by Gasteiger charge is -2.26. The van der Waals surface area contributed by atoms with Gasteiger partial charge in [-0.25, -0.2) is 4.68 Å². The molecule has 1 aliphatic rings. The summed E-state index contributed by atoms with van der Waals surface area (Å²) in [6, 6.07) is 9.74. The molecule has 1 fully saturated rings. The number of thioether (sulfide) groups is 1. The molecule has 10 heteroatoms. The lowest BCUT2D eigenvalue weighted by atomic mass is 10.0. The summed E-state index contributed by atoms with van der Waals surface area (Å²) >= 11 is 3.03. The first kappa shape index (κ1) is 20.7. The number of rotatable bonds is 8. The van der Waals surface area contributed by atoms with Gasteiger partial charge in [0.25, 0.3) is 0 Å². The number of benzene rings is 1. The molecule has 1 atom stereocenters. The number of methoxy groups -OCH3 is 2. The van der Waals surface area contributed by atoms with Crippen molar-refractivity contribution in [1.29, 1.82) is 0 Å². The molecule has 3 heterocycles. The highest BCUT2D eigenvalue weighted by molar-refractivity contribution is 7.99. The predicted molar refractivity (Wildman–Crippen MR) is 115 cm³/mol. The minimum atomic E-state index is -0.0229. The molecule has 4 rings (SSSR count). The molecule has 30 heavy (non-hydrogen) atoms. The van der Waals surface area contributed by atoms with Crippen molar-refractivity contribution in [3.8, 4) is 11.5 Å². The summed E-state index contributed by atoms with van der Waals surface area (Å²) in [5.74, 6) is 1.88. The summed E-state index contributed by atoms with van der Waals surface area (Å²) < 4.78 is 12.6. The van der Waals surface area contributed by atoms with Crippen molar-refractivity contribution >= 4 is 29.0 Å². The Morgan fingerprint density at radius 3 is 2.97 bits per heavy atom. The number of thiophene rings is 1. The van der Waals surface area contributed by atoms with Crippen molar-refractivity contribution in [2.45, 2.75) is 30.6 Å². The first-order valence-corrected chi connectivity index (χ1v) is 11.5. The highest BCUT2D eigenvalue weighted by atomic mass is 32.2. The molecule has 8 nitrogen and oxygen atoms in total. The Labute approximate surface area is 183 Å². The van der Waals surface area contributed by atoms with Gasteiger partial charge in [-0.3, -0.25) is 4.79 Å². The quantitative estimate of drug-likeness (QED) is 0.492. The minimum absolute atomic E-state index is 0.0229. The van der Waals surface area contributed by atoms with E-state index >= 15 is 0 Å². The van der Waals surface area contributed by atoms with E-state index in [1.165, 1.54) is 16.6 Å². The van der Waals surface area contributed by atoms with E-state index in [1.54, 1.807) is 30.2 Å². The predicted octanol–water partition coefficient (Wildman–Crippen LogP) is 3.26. The molecule has 0 unspecified atom stereocenters. The Morgan fingerprint density at radius 2 is 2.20 bits per heavy atom. The van der Waals surface area contributed by atoms with Gasteiger partial charge in [-0.1, -0.05) is 17.8 Å². The molecule has 1 amide bonds. The standard InChI is InChI=1S/C20H23N5O3S2/c1-27-14-7-8-18(28-2)16(11-14)17-6-3-9-24(17)19(26)13-30-20-21-22-23-25(20)12-15-5-4-10-29-15/h4-5,7-8,10-11,17H,3,6,9,12-13H2,1-2H3/t17-/m1/s1. The topological polar surface area (TPSA) is 82.4 Å². The van der Waals surface area contributed by atoms with Gasteiger partial charge in [0.05, 0.1) is 32.6 Å². The molecule has 3 aromatic rings. The Bertz CT molecular complexity index is 992. The van der Waals surface area contributed by atoms with Gasteiger partial charge >= 0.3 is 0 Å². The number of aromatic nitrogens is 4. The fourth-order valence-corrected chi connectivity index (χ4v) is 5.10. The fourth-order valence-electron chi connectivity index (χ4n) is 3.65. The molecule has 0 aliphatic carbocycles. The molecule has 0 saturated carbocycles. The van der Waals surface area contributed by atoms with Crippen LogP contribution in [0, 0.1) is 0 Å². The number of carbonyl (C=O) groups is 1. The molecular formula is C20H23N5O3S2. The van der Waals surface area contributed by atoms with Crippen LogP contribution >= 0.6 is 23.1 Å². The second-order valence-electron chi connectivity index (χ2n) is 6.84. The van der Waals surface area contributed by atoms with Gasteiger partial charge in [0, 0.05) is 17.0 Å².